The van der Waals surface area contributed by atoms with Crippen molar-refractivity contribution in [2.24, 2.45) is 0 Å². The number of benzene rings is 3. The van der Waals surface area contributed by atoms with E-state index < -0.39 is 11.8 Å². The molecule has 3 N–H and O–H groups in total. The molecule has 0 radical (unpaired) electrons. The van der Waals surface area contributed by atoms with Crippen LogP contribution in [0.5, 0.6) is 5.75 Å². The molecule has 176 valence electrons. The van der Waals surface area contributed by atoms with E-state index >= 15 is 0 Å². The van der Waals surface area contributed by atoms with Gasteiger partial charge in [0.05, 0.1) is 11.3 Å². The topological polar surface area (TPSA) is 84.9 Å². The van der Waals surface area contributed by atoms with Crippen molar-refractivity contribution >= 4 is 44.8 Å². The van der Waals surface area contributed by atoms with Crippen molar-refractivity contribution in [2.45, 2.75) is 6.42 Å². The van der Waals surface area contributed by atoms with E-state index in [4.69, 9.17) is 0 Å². The molecule has 0 unspecified atom stereocenters. The van der Waals surface area contributed by atoms with Crippen molar-refractivity contribution in [2.75, 3.05) is 48.8 Å². The zero-order chi connectivity index (χ0) is 24.1. The Bertz CT molecular complexity index is 1170. The first kappa shape index (κ1) is 23.8. The summed E-state index contributed by atoms with van der Waals surface area (Å²) in [6.07, 6.45) is 1.09. The van der Waals surface area contributed by atoms with Crippen molar-refractivity contribution in [3.8, 4) is 5.75 Å². The molecule has 1 fully saturated rings. The van der Waals surface area contributed by atoms with Crippen LogP contribution in [0.2, 0.25) is 0 Å². The summed E-state index contributed by atoms with van der Waals surface area (Å²) >= 11 is 3.36. The molecule has 1 aliphatic heterocycles. The third kappa shape index (κ3) is 5.76. The number of phenols is 1. The average molecular weight is 523 g/mol. The number of hydrogen-bond acceptors (Lipinski definition) is 5. The Hall–Kier alpha value is -3.36. The highest BCUT2D eigenvalue weighted by atomic mass is 79.9. The van der Waals surface area contributed by atoms with E-state index in [1.807, 2.05) is 24.3 Å². The normalized spacial score (nSPS) is 14.4. The van der Waals surface area contributed by atoms with Gasteiger partial charge in [-0.05, 0) is 80.7 Å². The highest BCUT2D eigenvalue weighted by molar-refractivity contribution is 9.10. The number of nitrogens with one attached hydrogen (secondary N) is 2. The summed E-state index contributed by atoms with van der Waals surface area (Å²) in [6, 6.07) is 19.1. The van der Waals surface area contributed by atoms with Gasteiger partial charge < -0.3 is 25.5 Å². The van der Waals surface area contributed by atoms with Crippen LogP contribution in [-0.2, 0) is 0 Å². The summed E-state index contributed by atoms with van der Waals surface area (Å²) in [5.41, 5.74) is 2.36. The number of rotatable bonds is 5. The molecular formula is C26H27BrN4O3. The number of aromatic hydroxyl groups is 1. The number of likely N-dealkylation sites (N-methyl/N-ethyl adjacent to an activating group) is 1. The van der Waals surface area contributed by atoms with Crippen LogP contribution in [0.3, 0.4) is 0 Å². The predicted octanol–water partition coefficient (Wildman–Crippen LogP) is 4.80. The van der Waals surface area contributed by atoms with Crippen molar-refractivity contribution in [1.82, 2.24) is 4.90 Å². The minimum Gasteiger partial charge on any atom is -0.506 e. The zero-order valence-electron chi connectivity index (χ0n) is 18.9. The summed E-state index contributed by atoms with van der Waals surface area (Å²) in [7, 11) is 2.13. The molecule has 0 aromatic heterocycles. The zero-order valence-corrected chi connectivity index (χ0v) is 20.5. The van der Waals surface area contributed by atoms with Gasteiger partial charge in [0.15, 0.2) is 0 Å². The molecule has 3 aromatic carbocycles. The summed E-state index contributed by atoms with van der Waals surface area (Å²) in [4.78, 5) is 30.4. The number of anilines is 3. The number of amides is 2. The molecule has 34 heavy (non-hydrogen) atoms. The maximum Gasteiger partial charge on any atom is 0.257 e. The van der Waals surface area contributed by atoms with Crippen molar-refractivity contribution in [3.63, 3.8) is 0 Å². The molecule has 8 heteroatoms. The SMILES string of the molecule is CN1CCCN(c2ccc(C(=O)Nc3c(O)cccc3C(=O)Nc3ccc(Br)cc3)cc2)CC1. The average Bonchev–Trinajstić information content (AvgIpc) is 3.06. The van der Waals surface area contributed by atoms with Crippen LogP contribution in [0, 0.1) is 0 Å². The lowest BCUT2D eigenvalue weighted by Gasteiger charge is -2.23. The summed E-state index contributed by atoms with van der Waals surface area (Å²) in [5.74, 6) is -1.02. The maximum absolute atomic E-state index is 12.9. The molecule has 4 rings (SSSR count). The number of carbonyl (C=O) groups excluding carboxylic acids is 2. The van der Waals surface area contributed by atoms with E-state index in [2.05, 4.69) is 43.4 Å². The van der Waals surface area contributed by atoms with Gasteiger partial charge in [-0.3, -0.25) is 9.59 Å². The van der Waals surface area contributed by atoms with Gasteiger partial charge >= 0.3 is 0 Å². The van der Waals surface area contributed by atoms with Crippen LogP contribution < -0.4 is 15.5 Å². The monoisotopic (exact) mass is 522 g/mol. The fourth-order valence-electron chi connectivity index (χ4n) is 3.91. The molecule has 0 aliphatic carbocycles. The first-order chi connectivity index (χ1) is 16.4. The third-order valence-electron chi connectivity index (χ3n) is 5.84. The van der Waals surface area contributed by atoms with E-state index in [1.54, 1.807) is 36.4 Å². The molecule has 2 amide bonds. The Morgan fingerprint density at radius 3 is 2.32 bits per heavy atom. The Kier molecular flexibility index (Phi) is 7.49. The van der Waals surface area contributed by atoms with Gasteiger partial charge in [-0.25, -0.2) is 0 Å². The lowest BCUT2D eigenvalue weighted by Crippen LogP contribution is -2.28. The molecule has 0 bridgehead atoms. The molecule has 7 nitrogen and oxygen atoms in total. The molecular weight excluding hydrogens is 496 g/mol. The molecule has 1 heterocycles. The maximum atomic E-state index is 12.9. The number of carbonyl (C=O) groups is 2. The Morgan fingerprint density at radius 2 is 1.59 bits per heavy atom. The minimum atomic E-state index is -0.435. The second-order valence-corrected chi connectivity index (χ2v) is 9.22. The van der Waals surface area contributed by atoms with E-state index in [0.717, 1.165) is 42.8 Å². The quantitative estimate of drug-likeness (QED) is 0.419. The van der Waals surface area contributed by atoms with Crippen molar-refractivity contribution in [1.29, 1.82) is 0 Å². The summed E-state index contributed by atoms with van der Waals surface area (Å²) in [6.45, 7) is 4.00. The van der Waals surface area contributed by atoms with Gasteiger partial charge in [0, 0.05) is 41.0 Å². The van der Waals surface area contributed by atoms with Crippen LogP contribution in [0.25, 0.3) is 0 Å². The predicted molar refractivity (Wildman–Crippen MR) is 139 cm³/mol. The molecule has 3 aromatic rings. The molecule has 0 atom stereocenters. The van der Waals surface area contributed by atoms with Crippen LogP contribution >= 0.6 is 15.9 Å². The first-order valence-corrected chi connectivity index (χ1v) is 11.9. The van der Waals surface area contributed by atoms with Gasteiger partial charge in [-0.1, -0.05) is 22.0 Å². The van der Waals surface area contributed by atoms with Gasteiger partial charge in [-0.15, -0.1) is 0 Å². The minimum absolute atomic E-state index is 0.0711. The smallest absolute Gasteiger partial charge is 0.257 e. The number of halogens is 1. The highest BCUT2D eigenvalue weighted by Gasteiger charge is 2.19. The van der Waals surface area contributed by atoms with E-state index in [-0.39, 0.29) is 17.0 Å². The molecule has 1 saturated heterocycles. The van der Waals surface area contributed by atoms with Crippen LogP contribution in [0.1, 0.15) is 27.1 Å². The number of para-hydroxylation sites is 1. The standard InChI is InChI=1S/C26H27BrN4O3/c1-30-14-3-15-31(17-16-30)21-12-6-18(7-13-21)25(33)29-24-22(4-2-5-23(24)32)26(34)28-20-10-8-19(27)9-11-20/h2,4-13,32H,3,14-17H2,1H3,(H,28,34)(H,29,33). The van der Waals surface area contributed by atoms with Crippen LogP contribution in [0.4, 0.5) is 17.1 Å². The summed E-state index contributed by atoms with van der Waals surface area (Å²) < 4.78 is 0.894. The fourth-order valence-corrected chi connectivity index (χ4v) is 4.17. The van der Waals surface area contributed by atoms with Gasteiger partial charge in [0.1, 0.15) is 5.75 Å². The van der Waals surface area contributed by atoms with Crippen molar-refractivity contribution < 1.29 is 14.7 Å². The largest absolute Gasteiger partial charge is 0.506 e. The Balaban J connectivity index is 1.48. The fraction of sp³-hybridized carbons (Fsp3) is 0.231. The first-order valence-electron chi connectivity index (χ1n) is 11.1. The van der Waals surface area contributed by atoms with Gasteiger partial charge in [-0.2, -0.15) is 0 Å². The molecule has 1 aliphatic rings. The lowest BCUT2D eigenvalue weighted by atomic mass is 10.1. The van der Waals surface area contributed by atoms with Gasteiger partial charge in [0.2, 0.25) is 0 Å². The Labute approximate surface area is 207 Å². The second kappa shape index (κ2) is 10.7. The van der Waals surface area contributed by atoms with Crippen LogP contribution in [0.15, 0.2) is 71.2 Å². The third-order valence-corrected chi connectivity index (χ3v) is 6.37. The van der Waals surface area contributed by atoms with Crippen LogP contribution in [-0.4, -0.2) is 55.0 Å². The Morgan fingerprint density at radius 1 is 0.853 bits per heavy atom. The molecule has 0 spiro atoms. The van der Waals surface area contributed by atoms with Crippen molar-refractivity contribution in [3.05, 3.63) is 82.3 Å². The number of hydrogen-bond donors (Lipinski definition) is 3. The number of nitrogens with zero attached hydrogens (tertiary/aromatic N) is 2. The van der Waals surface area contributed by atoms with E-state index in [0.29, 0.717) is 11.3 Å². The molecule has 0 saturated carbocycles. The van der Waals surface area contributed by atoms with Gasteiger partial charge in [0.25, 0.3) is 11.8 Å². The second-order valence-electron chi connectivity index (χ2n) is 8.31. The summed E-state index contributed by atoms with van der Waals surface area (Å²) in [5, 5.41) is 15.9. The van der Waals surface area contributed by atoms with E-state index in [9.17, 15) is 14.7 Å². The highest BCUT2D eigenvalue weighted by Crippen LogP contribution is 2.29. The lowest BCUT2D eigenvalue weighted by molar-refractivity contribution is 0.102. The van der Waals surface area contributed by atoms with E-state index in [1.165, 1.54) is 6.07 Å². The number of phenolic OH excluding ortho intramolecular Hbond substituents is 1.